The second-order valence-corrected chi connectivity index (χ2v) is 6.06. The molecule has 0 aliphatic carbocycles. The Balaban J connectivity index is 2.88. The molecule has 0 bridgehead atoms. The first-order chi connectivity index (χ1) is 7.30. The van der Waals surface area contributed by atoms with Gasteiger partial charge in [-0.1, -0.05) is 12.2 Å². The predicted molar refractivity (Wildman–Crippen MR) is 68.3 cm³/mol. The van der Waals surface area contributed by atoms with Crippen molar-refractivity contribution in [2.24, 2.45) is 5.73 Å². The van der Waals surface area contributed by atoms with E-state index in [1.807, 2.05) is 0 Å². The number of rotatable bonds is 4. The van der Waals surface area contributed by atoms with Crippen LogP contribution in [0.1, 0.15) is 0 Å². The van der Waals surface area contributed by atoms with Crippen LogP contribution in [0.5, 0.6) is 0 Å². The standard InChI is InChI=1S/C8H8BrFN2O2S2/c9-6-3-5(1-2-7(6)10)12-16(13,14)4-8(11)15/h1-3,12H,4H2,(H2,11,15). The topological polar surface area (TPSA) is 72.2 Å². The summed E-state index contributed by atoms with van der Waals surface area (Å²) in [4.78, 5) is -0.131. The van der Waals surface area contributed by atoms with Crippen molar-refractivity contribution in [3.63, 3.8) is 0 Å². The molecule has 1 aromatic carbocycles. The Bertz CT molecular complexity index is 519. The van der Waals surface area contributed by atoms with Crippen LogP contribution in [0.15, 0.2) is 22.7 Å². The van der Waals surface area contributed by atoms with Gasteiger partial charge in [0.15, 0.2) is 0 Å². The first kappa shape index (κ1) is 13.3. The smallest absolute Gasteiger partial charge is 0.239 e. The molecule has 1 rings (SSSR count). The number of sulfonamides is 1. The Morgan fingerprint density at radius 2 is 2.19 bits per heavy atom. The number of anilines is 1. The molecule has 1 aromatic rings. The molecule has 4 nitrogen and oxygen atoms in total. The molecule has 88 valence electrons. The highest BCUT2D eigenvalue weighted by Gasteiger charge is 2.12. The van der Waals surface area contributed by atoms with Crippen molar-refractivity contribution in [2.75, 3.05) is 10.5 Å². The molecule has 0 radical (unpaired) electrons. The number of hydrogen-bond donors (Lipinski definition) is 2. The van der Waals surface area contributed by atoms with Crippen LogP contribution >= 0.6 is 28.1 Å². The molecule has 0 atom stereocenters. The summed E-state index contributed by atoms with van der Waals surface area (Å²) in [5, 5.41) is 0. The SMILES string of the molecule is NC(=S)CS(=O)(=O)Nc1ccc(F)c(Br)c1. The van der Waals surface area contributed by atoms with Gasteiger partial charge in [-0.05, 0) is 34.1 Å². The number of thiocarbonyl (C=S) groups is 1. The second-order valence-electron chi connectivity index (χ2n) is 2.96. The molecule has 8 heteroatoms. The molecule has 0 fully saturated rings. The van der Waals surface area contributed by atoms with Crippen molar-refractivity contribution in [3.8, 4) is 0 Å². The van der Waals surface area contributed by atoms with Crippen molar-refractivity contribution < 1.29 is 12.8 Å². The molecule has 16 heavy (non-hydrogen) atoms. The average molecular weight is 327 g/mol. The number of nitrogens with two attached hydrogens (primary N) is 1. The van der Waals surface area contributed by atoms with Crippen molar-refractivity contribution in [3.05, 3.63) is 28.5 Å². The van der Waals surface area contributed by atoms with Gasteiger partial charge in [0.25, 0.3) is 0 Å². The van der Waals surface area contributed by atoms with Crippen LogP contribution in [0.3, 0.4) is 0 Å². The fourth-order valence-corrected chi connectivity index (χ4v) is 2.74. The molecule has 0 aromatic heterocycles. The fourth-order valence-electron chi connectivity index (χ4n) is 0.963. The van der Waals surface area contributed by atoms with E-state index in [1.54, 1.807) is 0 Å². The summed E-state index contributed by atoms with van der Waals surface area (Å²) in [5.74, 6) is -0.922. The van der Waals surface area contributed by atoms with Crippen LogP contribution in [0.2, 0.25) is 0 Å². The first-order valence-corrected chi connectivity index (χ1v) is 6.89. The minimum absolute atomic E-state index is 0.131. The van der Waals surface area contributed by atoms with Gasteiger partial charge in [-0.2, -0.15) is 0 Å². The highest BCUT2D eigenvalue weighted by molar-refractivity contribution is 9.10. The Kier molecular flexibility index (Phi) is 4.22. The minimum Gasteiger partial charge on any atom is -0.392 e. The van der Waals surface area contributed by atoms with Crippen LogP contribution < -0.4 is 10.5 Å². The van der Waals surface area contributed by atoms with E-state index in [0.29, 0.717) is 0 Å². The lowest BCUT2D eigenvalue weighted by Gasteiger charge is -2.07. The Hall–Kier alpha value is -0.730. The fraction of sp³-hybridized carbons (Fsp3) is 0.125. The monoisotopic (exact) mass is 326 g/mol. The van der Waals surface area contributed by atoms with Crippen molar-refractivity contribution >= 4 is 48.8 Å². The Labute approximate surface area is 106 Å². The van der Waals surface area contributed by atoms with Gasteiger partial charge in [-0.25, -0.2) is 12.8 Å². The van der Waals surface area contributed by atoms with E-state index in [-0.39, 0.29) is 15.1 Å². The van der Waals surface area contributed by atoms with Crippen LogP contribution in [-0.4, -0.2) is 19.2 Å². The molecule has 3 N–H and O–H groups in total. The summed E-state index contributed by atoms with van der Waals surface area (Å²) in [5.41, 5.74) is 5.37. The molecule has 0 spiro atoms. The van der Waals surface area contributed by atoms with E-state index in [9.17, 15) is 12.8 Å². The molecule has 0 heterocycles. The van der Waals surface area contributed by atoms with Gasteiger partial charge in [0.1, 0.15) is 11.6 Å². The maximum absolute atomic E-state index is 12.9. The quantitative estimate of drug-likeness (QED) is 0.825. The lowest BCUT2D eigenvalue weighted by Crippen LogP contribution is -2.26. The van der Waals surface area contributed by atoms with Crippen LogP contribution in [0.25, 0.3) is 0 Å². The minimum atomic E-state index is -3.62. The third-order valence-corrected chi connectivity index (χ3v) is 3.70. The number of halogens is 2. The van der Waals surface area contributed by atoms with Gasteiger partial charge in [0.2, 0.25) is 10.0 Å². The zero-order valence-electron chi connectivity index (χ0n) is 7.91. The lowest BCUT2D eigenvalue weighted by molar-refractivity contribution is 0.604. The highest BCUT2D eigenvalue weighted by Crippen LogP contribution is 2.20. The van der Waals surface area contributed by atoms with E-state index < -0.39 is 21.6 Å². The summed E-state index contributed by atoms with van der Waals surface area (Å²) in [6.07, 6.45) is 0. The van der Waals surface area contributed by atoms with Crippen LogP contribution in [0, 0.1) is 5.82 Å². The van der Waals surface area contributed by atoms with Gasteiger partial charge in [0.05, 0.1) is 9.46 Å². The molecule has 0 amide bonds. The van der Waals surface area contributed by atoms with E-state index in [4.69, 9.17) is 5.73 Å². The zero-order chi connectivity index (χ0) is 12.3. The number of nitrogens with one attached hydrogen (secondary N) is 1. The normalized spacial score (nSPS) is 11.1. The third kappa shape index (κ3) is 4.03. The Morgan fingerprint density at radius 1 is 1.56 bits per heavy atom. The van der Waals surface area contributed by atoms with Crippen molar-refractivity contribution in [1.82, 2.24) is 0 Å². The molecule has 0 saturated carbocycles. The summed E-state index contributed by atoms with van der Waals surface area (Å²) >= 11 is 7.44. The summed E-state index contributed by atoms with van der Waals surface area (Å²) in [6, 6.07) is 3.76. The predicted octanol–water partition coefficient (Wildman–Crippen LogP) is 1.62. The summed E-state index contributed by atoms with van der Waals surface area (Å²) in [7, 11) is -3.62. The van der Waals surface area contributed by atoms with Gasteiger partial charge in [0, 0.05) is 5.69 Å². The summed E-state index contributed by atoms with van der Waals surface area (Å²) < 4.78 is 38.1. The van der Waals surface area contributed by atoms with Gasteiger partial charge in [-0.15, -0.1) is 0 Å². The van der Waals surface area contributed by atoms with Crippen molar-refractivity contribution in [2.45, 2.75) is 0 Å². The van der Waals surface area contributed by atoms with Gasteiger partial charge < -0.3 is 5.73 Å². The van der Waals surface area contributed by atoms with E-state index >= 15 is 0 Å². The molecule has 0 unspecified atom stereocenters. The highest BCUT2D eigenvalue weighted by atomic mass is 79.9. The molecular formula is C8H8BrFN2O2S2. The lowest BCUT2D eigenvalue weighted by atomic mass is 10.3. The van der Waals surface area contributed by atoms with E-state index in [1.165, 1.54) is 12.1 Å². The maximum atomic E-state index is 12.9. The zero-order valence-corrected chi connectivity index (χ0v) is 11.1. The van der Waals surface area contributed by atoms with Crippen LogP contribution in [0.4, 0.5) is 10.1 Å². The molecule has 0 aliphatic heterocycles. The second kappa shape index (κ2) is 5.07. The maximum Gasteiger partial charge on any atom is 0.239 e. The summed E-state index contributed by atoms with van der Waals surface area (Å²) in [6.45, 7) is 0. The van der Waals surface area contributed by atoms with E-state index in [2.05, 4.69) is 32.9 Å². The molecule has 0 saturated heterocycles. The van der Waals surface area contributed by atoms with Gasteiger partial charge in [-0.3, -0.25) is 4.72 Å². The largest absolute Gasteiger partial charge is 0.392 e. The van der Waals surface area contributed by atoms with Crippen molar-refractivity contribution in [1.29, 1.82) is 0 Å². The average Bonchev–Trinajstić information content (AvgIpc) is 2.08. The molecular weight excluding hydrogens is 319 g/mol. The van der Waals surface area contributed by atoms with Gasteiger partial charge >= 0.3 is 0 Å². The molecule has 0 aliphatic rings. The Morgan fingerprint density at radius 3 is 2.69 bits per heavy atom. The first-order valence-electron chi connectivity index (χ1n) is 4.04. The number of benzene rings is 1. The number of hydrogen-bond acceptors (Lipinski definition) is 3. The van der Waals surface area contributed by atoms with E-state index in [0.717, 1.165) is 6.07 Å². The van der Waals surface area contributed by atoms with Crippen LogP contribution in [-0.2, 0) is 10.0 Å². The third-order valence-electron chi connectivity index (χ3n) is 1.53.